The SMILES string of the molecule is CCCNC(=O)c1cccc(-c2ccc(OCCC)c(C(=O)N[C@H](CO)Cc3c[nH]c4ccccc34)c2)c1.[HH]. The van der Waals surface area contributed by atoms with Gasteiger partial charge in [-0.15, -0.1) is 0 Å². The monoisotopic (exact) mass is 515 g/mol. The third kappa shape index (κ3) is 6.42. The molecule has 38 heavy (non-hydrogen) atoms. The van der Waals surface area contributed by atoms with Crippen LogP contribution in [0.5, 0.6) is 5.75 Å². The fourth-order valence-electron chi connectivity index (χ4n) is 4.40. The van der Waals surface area contributed by atoms with Crippen molar-refractivity contribution in [1.82, 2.24) is 15.6 Å². The molecule has 0 aliphatic rings. The lowest BCUT2D eigenvalue weighted by Crippen LogP contribution is -2.39. The Labute approximate surface area is 224 Å². The highest BCUT2D eigenvalue weighted by atomic mass is 16.5. The van der Waals surface area contributed by atoms with Crippen LogP contribution < -0.4 is 15.4 Å². The zero-order valence-electron chi connectivity index (χ0n) is 21.9. The van der Waals surface area contributed by atoms with Gasteiger partial charge in [0.05, 0.1) is 24.8 Å². The number of aromatic amines is 1. The van der Waals surface area contributed by atoms with Crippen molar-refractivity contribution in [2.45, 2.75) is 39.2 Å². The topological polar surface area (TPSA) is 103 Å². The van der Waals surface area contributed by atoms with E-state index in [0.29, 0.717) is 36.4 Å². The summed E-state index contributed by atoms with van der Waals surface area (Å²) in [4.78, 5) is 29.2. The number of rotatable bonds is 12. The number of fused-ring (bicyclic) bond motifs is 1. The molecule has 0 saturated carbocycles. The summed E-state index contributed by atoms with van der Waals surface area (Å²) < 4.78 is 5.89. The minimum Gasteiger partial charge on any atom is -0.493 e. The van der Waals surface area contributed by atoms with Gasteiger partial charge in [-0.3, -0.25) is 9.59 Å². The Morgan fingerprint density at radius 3 is 2.58 bits per heavy atom. The van der Waals surface area contributed by atoms with Crippen molar-refractivity contribution in [3.05, 3.63) is 89.6 Å². The number of hydrogen-bond acceptors (Lipinski definition) is 4. The number of nitrogens with one attached hydrogen (secondary N) is 3. The van der Waals surface area contributed by atoms with Crippen LogP contribution in [-0.4, -0.2) is 47.7 Å². The molecule has 2 amide bonds. The number of aromatic nitrogens is 1. The number of H-pyrrole nitrogens is 1. The van der Waals surface area contributed by atoms with Gasteiger partial charge in [0.25, 0.3) is 11.8 Å². The summed E-state index contributed by atoms with van der Waals surface area (Å²) in [7, 11) is 0. The fourth-order valence-corrected chi connectivity index (χ4v) is 4.40. The van der Waals surface area contributed by atoms with Crippen molar-refractivity contribution in [2.75, 3.05) is 19.8 Å². The number of carbonyl (C=O) groups is 2. The van der Waals surface area contributed by atoms with Crippen LogP contribution in [0.25, 0.3) is 22.0 Å². The Hall–Kier alpha value is -4.10. The molecule has 0 aliphatic heterocycles. The molecule has 0 fully saturated rings. The van der Waals surface area contributed by atoms with E-state index >= 15 is 0 Å². The van der Waals surface area contributed by atoms with E-state index in [4.69, 9.17) is 4.74 Å². The van der Waals surface area contributed by atoms with Gasteiger partial charge >= 0.3 is 0 Å². The molecule has 0 unspecified atom stereocenters. The van der Waals surface area contributed by atoms with Gasteiger partial charge in [-0.2, -0.15) is 0 Å². The van der Waals surface area contributed by atoms with E-state index in [9.17, 15) is 14.7 Å². The van der Waals surface area contributed by atoms with Gasteiger partial charge in [-0.25, -0.2) is 0 Å². The highest BCUT2D eigenvalue weighted by molar-refractivity contribution is 5.99. The van der Waals surface area contributed by atoms with Crippen LogP contribution in [0.3, 0.4) is 0 Å². The molecular formula is C31H37N3O4. The number of para-hydroxylation sites is 1. The molecule has 4 rings (SSSR count). The van der Waals surface area contributed by atoms with Gasteiger partial charge in [-0.1, -0.05) is 50.2 Å². The lowest BCUT2D eigenvalue weighted by molar-refractivity contribution is 0.0911. The largest absolute Gasteiger partial charge is 0.493 e. The lowest BCUT2D eigenvalue weighted by Gasteiger charge is -2.18. The van der Waals surface area contributed by atoms with Gasteiger partial charge in [-0.05, 0) is 66.3 Å². The zero-order chi connectivity index (χ0) is 26.9. The molecule has 3 aromatic carbocycles. The van der Waals surface area contributed by atoms with Crippen molar-refractivity contribution >= 4 is 22.7 Å². The zero-order valence-corrected chi connectivity index (χ0v) is 21.9. The van der Waals surface area contributed by atoms with Crippen molar-refractivity contribution in [1.29, 1.82) is 0 Å². The maximum atomic E-state index is 13.5. The summed E-state index contributed by atoms with van der Waals surface area (Å²) in [6.45, 7) is 4.90. The normalized spacial score (nSPS) is 11.8. The molecule has 0 radical (unpaired) electrons. The van der Waals surface area contributed by atoms with Crippen LogP contribution in [0.4, 0.5) is 0 Å². The number of benzene rings is 3. The summed E-state index contributed by atoms with van der Waals surface area (Å²) >= 11 is 0. The highest BCUT2D eigenvalue weighted by Crippen LogP contribution is 2.28. The number of ether oxygens (including phenoxy) is 1. The lowest BCUT2D eigenvalue weighted by atomic mass is 9.99. The molecular weight excluding hydrogens is 478 g/mol. The predicted octanol–water partition coefficient (Wildman–Crippen LogP) is 5.34. The molecule has 200 valence electrons. The maximum Gasteiger partial charge on any atom is 0.255 e. The Morgan fingerprint density at radius 2 is 1.79 bits per heavy atom. The van der Waals surface area contributed by atoms with E-state index in [2.05, 4.69) is 15.6 Å². The summed E-state index contributed by atoms with van der Waals surface area (Å²) in [5.41, 5.74) is 4.60. The van der Waals surface area contributed by atoms with Crippen LogP contribution >= 0.6 is 0 Å². The molecule has 0 spiro atoms. The number of aliphatic hydroxyl groups is 1. The summed E-state index contributed by atoms with van der Waals surface area (Å²) in [6, 6.07) is 20.3. The van der Waals surface area contributed by atoms with E-state index in [-0.39, 0.29) is 19.8 Å². The number of hydrogen-bond donors (Lipinski definition) is 4. The fraction of sp³-hybridized carbons (Fsp3) is 0.290. The van der Waals surface area contributed by atoms with Crippen molar-refractivity contribution < 1.29 is 20.9 Å². The first-order valence-electron chi connectivity index (χ1n) is 13.2. The standard InChI is InChI=1S/C31H35N3O4.H2/c1-3-14-32-30(36)23-9-7-8-21(16-23)22-12-13-29(38-15-4-2)27(18-22)31(37)34-25(20-35)17-24-19-33-28-11-6-5-10-26(24)28;/h5-13,16,18-19,25,33,35H,3-4,14-15,17,20H2,1-2H3,(H,32,36)(H,34,37);1H/t25-;/m0./s1. The van der Waals surface area contributed by atoms with E-state index in [1.54, 1.807) is 18.2 Å². The van der Waals surface area contributed by atoms with E-state index in [0.717, 1.165) is 40.4 Å². The molecule has 0 aliphatic carbocycles. The van der Waals surface area contributed by atoms with Gasteiger partial charge in [0.15, 0.2) is 0 Å². The van der Waals surface area contributed by atoms with Crippen LogP contribution in [0.2, 0.25) is 0 Å². The minimum atomic E-state index is -0.477. The number of carbonyl (C=O) groups excluding carboxylic acids is 2. The van der Waals surface area contributed by atoms with Gasteiger partial charge < -0.3 is 25.5 Å². The molecule has 4 aromatic rings. The molecule has 7 heteroatoms. The smallest absolute Gasteiger partial charge is 0.255 e. The average Bonchev–Trinajstić information content (AvgIpc) is 3.37. The number of amides is 2. The second-order valence-corrected chi connectivity index (χ2v) is 9.31. The molecule has 0 bridgehead atoms. The molecule has 7 nitrogen and oxygen atoms in total. The van der Waals surface area contributed by atoms with Crippen molar-refractivity contribution in [3.63, 3.8) is 0 Å². The van der Waals surface area contributed by atoms with Gasteiger partial charge in [0.2, 0.25) is 0 Å². The minimum absolute atomic E-state index is 0. The molecule has 4 N–H and O–H groups in total. The molecule has 1 atom stereocenters. The summed E-state index contributed by atoms with van der Waals surface area (Å²) in [5, 5.41) is 17.0. The van der Waals surface area contributed by atoms with Gasteiger partial charge in [0.1, 0.15) is 5.75 Å². The van der Waals surface area contributed by atoms with E-state index in [1.165, 1.54) is 0 Å². The summed E-state index contributed by atoms with van der Waals surface area (Å²) in [6.07, 6.45) is 4.06. The predicted molar refractivity (Wildman–Crippen MR) is 153 cm³/mol. The van der Waals surface area contributed by atoms with Crippen LogP contribution in [0.15, 0.2) is 72.9 Å². The molecule has 1 heterocycles. The first-order chi connectivity index (χ1) is 18.5. The molecule has 1 aromatic heterocycles. The highest BCUT2D eigenvalue weighted by Gasteiger charge is 2.20. The van der Waals surface area contributed by atoms with Crippen LogP contribution in [0, 0.1) is 0 Å². The van der Waals surface area contributed by atoms with Gasteiger partial charge in [0, 0.05) is 30.6 Å². The van der Waals surface area contributed by atoms with Crippen molar-refractivity contribution in [2.24, 2.45) is 0 Å². The van der Waals surface area contributed by atoms with E-state index < -0.39 is 6.04 Å². The third-order valence-corrected chi connectivity index (χ3v) is 6.38. The van der Waals surface area contributed by atoms with Crippen molar-refractivity contribution in [3.8, 4) is 16.9 Å². The first kappa shape index (κ1) is 26.9. The van der Waals surface area contributed by atoms with Crippen LogP contribution in [0.1, 0.15) is 54.4 Å². The Morgan fingerprint density at radius 1 is 0.974 bits per heavy atom. The third-order valence-electron chi connectivity index (χ3n) is 6.38. The maximum absolute atomic E-state index is 13.5. The quantitative estimate of drug-likeness (QED) is 0.204. The second-order valence-electron chi connectivity index (χ2n) is 9.31. The Balaban J connectivity index is 0.00000420. The number of aliphatic hydroxyl groups excluding tert-OH is 1. The Kier molecular flexibility index (Phi) is 9.16. The second kappa shape index (κ2) is 12.9. The average molecular weight is 516 g/mol. The van der Waals surface area contributed by atoms with Crippen LogP contribution in [-0.2, 0) is 6.42 Å². The Bertz CT molecular complexity index is 1400. The first-order valence-corrected chi connectivity index (χ1v) is 13.2. The van der Waals surface area contributed by atoms with E-state index in [1.807, 2.05) is 68.6 Å². The summed E-state index contributed by atoms with van der Waals surface area (Å²) in [5.74, 6) is 0.0278. The molecule has 0 saturated heterocycles.